The van der Waals surface area contributed by atoms with Crippen LogP contribution in [0.2, 0.25) is 5.02 Å². The predicted octanol–water partition coefficient (Wildman–Crippen LogP) is 3.29. The summed E-state index contributed by atoms with van der Waals surface area (Å²) in [5.41, 5.74) is -0.842. The van der Waals surface area contributed by atoms with Gasteiger partial charge in [0.25, 0.3) is 5.91 Å². The monoisotopic (exact) mass is 313 g/mol. The second-order valence-electron chi connectivity index (χ2n) is 5.36. The molecule has 1 aliphatic rings. The van der Waals surface area contributed by atoms with Crippen molar-refractivity contribution in [1.29, 1.82) is 0 Å². The summed E-state index contributed by atoms with van der Waals surface area (Å²) >= 11 is 7.42. The van der Waals surface area contributed by atoms with E-state index < -0.39 is 5.60 Å². The van der Waals surface area contributed by atoms with Gasteiger partial charge in [-0.15, -0.1) is 11.3 Å². The van der Waals surface area contributed by atoms with Crippen molar-refractivity contribution in [2.24, 2.45) is 0 Å². The van der Waals surface area contributed by atoms with E-state index in [2.05, 4.69) is 0 Å². The Morgan fingerprint density at radius 3 is 2.95 bits per heavy atom. The lowest BCUT2D eigenvalue weighted by Gasteiger charge is -2.18. The molecule has 20 heavy (non-hydrogen) atoms. The van der Waals surface area contributed by atoms with Crippen LogP contribution < -0.4 is 0 Å². The molecule has 0 saturated carbocycles. The molecule has 106 valence electrons. The molecule has 1 saturated heterocycles. The number of thiophene rings is 1. The largest absolute Gasteiger partial charge is 0.388 e. The minimum absolute atomic E-state index is 0.200. The normalized spacial score (nSPS) is 22.7. The van der Waals surface area contributed by atoms with Crippen molar-refractivity contribution in [3.63, 3.8) is 0 Å². The lowest BCUT2D eigenvalue weighted by atomic mass is 10.1. The molecule has 1 amide bonds. The predicted molar refractivity (Wildman–Crippen MR) is 77.9 cm³/mol. The molecule has 1 aromatic carbocycles. The van der Waals surface area contributed by atoms with Gasteiger partial charge in [-0.2, -0.15) is 0 Å². The molecular weight excluding hydrogens is 301 g/mol. The van der Waals surface area contributed by atoms with Crippen molar-refractivity contribution in [2.75, 3.05) is 13.1 Å². The van der Waals surface area contributed by atoms with E-state index in [4.69, 9.17) is 11.6 Å². The fraction of sp³-hybridized carbons (Fsp3) is 0.357. The number of benzene rings is 1. The van der Waals surface area contributed by atoms with Gasteiger partial charge in [-0.3, -0.25) is 4.79 Å². The standard InChI is InChI=1S/C14H13ClFNO2S/c1-14(19)4-5-17(7-14)13(18)12-11(15)9-3-2-8(16)6-10(9)20-12/h2-3,6,19H,4-5,7H2,1H3. The fourth-order valence-electron chi connectivity index (χ4n) is 2.44. The van der Waals surface area contributed by atoms with E-state index in [1.54, 1.807) is 17.9 Å². The number of aliphatic hydroxyl groups is 1. The van der Waals surface area contributed by atoms with Crippen LogP contribution in [-0.2, 0) is 0 Å². The first-order valence-corrected chi connectivity index (χ1v) is 7.46. The molecule has 0 bridgehead atoms. The summed E-state index contributed by atoms with van der Waals surface area (Å²) in [4.78, 5) is 14.5. The van der Waals surface area contributed by atoms with Crippen molar-refractivity contribution in [3.8, 4) is 0 Å². The van der Waals surface area contributed by atoms with Crippen LogP contribution in [0.25, 0.3) is 10.1 Å². The van der Waals surface area contributed by atoms with E-state index in [0.29, 0.717) is 39.5 Å². The van der Waals surface area contributed by atoms with Crippen LogP contribution in [0.4, 0.5) is 4.39 Å². The molecule has 0 spiro atoms. The van der Waals surface area contributed by atoms with Crippen LogP contribution in [0, 0.1) is 5.82 Å². The molecule has 0 radical (unpaired) electrons. The third-order valence-corrected chi connectivity index (χ3v) is 5.17. The number of hydrogen-bond acceptors (Lipinski definition) is 3. The van der Waals surface area contributed by atoms with Gasteiger partial charge in [-0.05, 0) is 31.5 Å². The summed E-state index contributed by atoms with van der Waals surface area (Å²) in [7, 11) is 0. The number of halogens is 2. The van der Waals surface area contributed by atoms with Gasteiger partial charge in [0.2, 0.25) is 0 Å². The quantitative estimate of drug-likeness (QED) is 0.877. The highest BCUT2D eigenvalue weighted by Crippen LogP contribution is 2.37. The van der Waals surface area contributed by atoms with Gasteiger partial charge >= 0.3 is 0 Å². The van der Waals surface area contributed by atoms with E-state index in [1.807, 2.05) is 0 Å². The van der Waals surface area contributed by atoms with Crippen molar-refractivity contribution in [2.45, 2.75) is 18.9 Å². The fourth-order valence-corrected chi connectivity index (χ4v) is 3.94. The van der Waals surface area contributed by atoms with Crippen LogP contribution in [0.3, 0.4) is 0 Å². The first-order chi connectivity index (χ1) is 9.37. The Balaban J connectivity index is 1.98. The van der Waals surface area contributed by atoms with Crippen molar-refractivity contribution >= 4 is 38.9 Å². The molecule has 0 aliphatic carbocycles. The third kappa shape index (κ3) is 2.30. The molecule has 3 rings (SSSR count). The zero-order chi connectivity index (χ0) is 14.5. The van der Waals surface area contributed by atoms with Gasteiger partial charge in [-0.1, -0.05) is 11.6 Å². The number of carbonyl (C=O) groups excluding carboxylic acids is 1. The topological polar surface area (TPSA) is 40.5 Å². The van der Waals surface area contributed by atoms with E-state index in [1.165, 1.54) is 23.5 Å². The minimum Gasteiger partial charge on any atom is -0.388 e. The Morgan fingerprint density at radius 1 is 1.55 bits per heavy atom. The lowest BCUT2D eigenvalue weighted by Crippen LogP contribution is -2.33. The summed E-state index contributed by atoms with van der Waals surface area (Å²) < 4.78 is 13.9. The molecule has 3 nitrogen and oxygen atoms in total. The number of nitrogens with zero attached hydrogens (tertiary/aromatic N) is 1. The zero-order valence-electron chi connectivity index (χ0n) is 10.8. The Hall–Kier alpha value is -1.17. The van der Waals surface area contributed by atoms with Crippen LogP contribution >= 0.6 is 22.9 Å². The molecule has 1 atom stereocenters. The Bertz CT molecular complexity index is 698. The lowest BCUT2D eigenvalue weighted by molar-refractivity contribution is 0.0575. The van der Waals surface area contributed by atoms with E-state index >= 15 is 0 Å². The summed E-state index contributed by atoms with van der Waals surface area (Å²) in [5, 5.41) is 11.0. The molecule has 6 heteroatoms. The van der Waals surface area contributed by atoms with Crippen molar-refractivity contribution in [1.82, 2.24) is 4.90 Å². The Morgan fingerprint density at radius 2 is 2.30 bits per heavy atom. The number of amides is 1. The van der Waals surface area contributed by atoms with Crippen molar-refractivity contribution < 1.29 is 14.3 Å². The molecule has 2 aromatic rings. The Kier molecular flexibility index (Phi) is 3.23. The van der Waals surface area contributed by atoms with Gasteiger partial charge in [0.15, 0.2) is 0 Å². The maximum absolute atomic E-state index is 13.2. The molecule has 2 heterocycles. The number of carbonyl (C=O) groups is 1. The van der Waals surface area contributed by atoms with E-state index in [-0.39, 0.29) is 11.7 Å². The minimum atomic E-state index is -0.842. The smallest absolute Gasteiger partial charge is 0.265 e. The highest BCUT2D eigenvalue weighted by Gasteiger charge is 2.35. The number of fused-ring (bicyclic) bond motifs is 1. The van der Waals surface area contributed by atoms with Crippen LogP contribution in [-0.4, -0.2) is 34.6 Å². The van der Waals surface area contributed by atoms with Gasteiger partial charge in [0, 0.05) is 23.2 Å². The van der Waals surface area contributed by atoms with E-state index in [9.17, 15) is 14.3 Å². The molecular formula is C14H13ClFNO2S. The number of likely N-dealkylation sites (tertiary alicyclic amines) is 1. The summed E-state index contributed by atoms with van der Waals surface area (Å²) in [5.74, 6) is -0.548. The van der Waals surface area contributed by atoms with E-state index in [0.717, 1.165) is 0 Å². The third-order valence-electron chi connectivity index (χ3n) is 3.52. The van der Waals surface area contributed by atoms with Crippen LogP contribution in [0.5, 0.6) is 0 Å². The first kappa shape index (κ1) is 13.8. The molecule has 1 unspecified atom stereocenters. The maximum Gasteiger partial charge on any atom is 0.265 e. The summed E-state index contributed by atoms with van der Waals surface area (Å²) in [6, 6.07) is 4.29. The number of hydrogen-bond donors (Lipinski definition) is 1. The van der Waals surface area contributed by atoms with Crippen molar-refractivity contribution in [3.05, 3.63) is 33.9 Å². The second kappa shape index (κ2) is 4.69. The maximum atomic E-state index is 13.2. The molecule has 1 fully saturated rings. The van der Waals surface area contributed by atoms with Gasteiger partial charge < -0.3 is 10.0 Å². The molecule has 1 aliphatic heterocycles. The summed E-state index contributed by atoms with van der Waals surface area (Å²) in [6.07, 6.45) is 0.551. The second-order valence-corrected chi connectivity index (χ2v) is 6.79. The number of β-amino-alcohol motifs (C(OH)–C–C–N with tert-alkyl or cyclic N) is 1. The average molecular weight is 314 g/mol. The van der Waals surface area contributed by atoms with Gasteiger partial charge in [0.1, 0.15) is 10.7 Å². The number of rotatable bonds is 1. The summed E-state index contributed by atoms with van der Waals surface area (Å²) in [6.45, 7) is 2.51. The first-order valence-electron chi connectivity index (χ1n) is 6.27. The molecule has 1 aromatic heterocycles. The van der Waals surface area contributed by atoms with Gasteiger partial charge in [-0.25, -0.2) is 4.39 Å². The highest BCUT2D eigenvalue weighted by atomic mass is 35.5. The highest BCUT2D eigenvalue weighted by molar-refractivity contribution is 7.21. The Labute approximate surface area is 124 Å². The zero-order valence-corrected chi connectivity index (χ0v) is 12.4. The van der Waals surface area contributed by atoms with Gasteiger partial charge in [0.05, 0.1) is 10.6 Å². The molecule has 1 N–H and O–H groups in total. The van der Waals surface area contributed by atoms with Crippen LogP contribution in [0.1, 0.15) is 23.0 Å². The SMILES string of the molecule is CC1(O)CCN(C(=O)c2sc3cc(F)ccc3c2Cl)C1. The average Bonchev–Trinajstić information content (AvgIpc) is 2.89. The van der Waals surface area contributed by atoms with Crippen LogP contribution in [0.15, 0.2) is 18.2 Å².